The van der Waals surface area contributed by atoms with E-state index in [0.717, 1.165) is 0 Å². The van der Waals surface area contributed by atoms with Crippen LogP contribution in [0.4, 0.5) is 0 Å². The van der Waals surface area contributed by atoms with E-state index in [1.54, 1.807) is 0 Å². The smallest absolute Gasteiger partial charge is 0.354 e. The highest BCUT2D eigenvalue weighted by Gasteiger charge is 2.60. The van der Waals surface area contributed by atoms with Gasteiger partial charge in [0.1, 0.15) is 0 Å². The van der Waals surface area contributed by atoms with E-state index >= 15 is 0 Å². The summed E-state index contributed by atoms with van der Waals surface area (Å²) in [4.78, 5) is 49.4. The lowest BCUT2D eigenvalue weighted by molar-refractivity contribution is -0.153. The van der Waals surface area contributed by atoms with E-state index < -0.39 is 49.9 Å². The van der Waals surface area contributed by atoms with Crippen LogP contribution in [0.3, 0.4) is 0 Å². The minimum Gasteiger partial charge on any atom is -0.481 e. The molecule has 98 valence electrons. The van der Waals surface area contributed by atoms with E-state index in [4.69, 9.17) is 25.1 Å². The highest BCUT2D eigenvalue weighted by Crippen LogP contribution is 2.53. The Morgan fingerprint density at radius 2 is 1.41 bits per heavy atom. The van der Waals surface area contributed by atoms with Crippen LogP contribution in [0.15, 0.2) is 0 Å². The highest BCUT2D eigenvalue weighted by molar-refractivity contribution is 7.56. The first-order valence-corrected chi connectivity index (χ1v) is 5.91. The number of rotatable bonds is 7. The van der Waals surface area contributed by atoms with E-state index in [9.17, 15) is 18.9 Å². The molecule has 0 heterocycles. The lowest BCUT2D eigenvalue weighted by Gasteiger charge is -2.25. The van der Waals surface area contributed by atoms with Gasteiger partial charge in [-0.25, -0.2) is 0 Å². The van der Waals surface area contributed by atoms with Crippen LogP contribution in [0, 0.1) is 0 Å². The van der Waals surface area contributed by atoms with Crippen molar-refractivity contribution in [3.8, 4) is 0 Å². The SMILES string of the molecule is O=C(O)CCCC(C(=O)O)(C(=O)O)P(=O)(O)O. The van der Waals surface area contributed by atoms with E-state index in [1.165, 1.54) is 0 Å². The molecule has 0 rings (SSSR count). The summed E-state index contributed by atoms with van der Waals surface area (Å²) in [7, 11) is -5.47. The standard InChI is InChI=1S/C7H11O9P/c8-4(9)2-1-3-7(5(10)11,6(12)13)17(14,15)16/h1-3H2,(H,8,9)(H,10,11)(H,12,13)(H2,14,15,16). The molecule has 0 bridgehead atoms. The summed E-state index contributed by atoms with van der Waals surface area (Å²) in [5.74, 6) is -5.70. The van der Waals surface area contributed by atoms with Gasteiger partial charge in [-0.15, -0.1) is 0 Å². The van der Waals surface area contributed by atoms with Crippen molar-refractivity contribution in [3.05, 3.63) is 0 Å². The van der Waals surface area contributed by atoms with Crippen LogP contribution < -0.4 is 0 Å². The van der Waals surface area contributed by atoms with Crippen molar-refractivity contribution < 1.29 is 44.1 Å². The van der Waals surface area contributed by atoms with Gasteiger partial charge in [0.05, 0.1) is 0 Å². The van der Waals surface area contributed by atoms with Crippen LogP contribution in [0.1, 0.15) is 19.3 Å². The number of hydrogen-bond acceptors (Lipinski definition) is 4. The zero-order valence-corrected chi connectivity index (χ0v) is 9.33. The topological polar surface area (TPSA) is 169 Å². The number of hydrogen-bond donors (Lipinski definition) is 5. The van der Waals surface area contributed by atoms with Crippen molar-refractivity contribution in [2.75, 3.05) is 0 Å². The molecule has 0 aliphatic carbocycles. The average Bonchev–Trinajstić information content (AvgIpc) is 2.08. The average molecular weight is 270 g/mol. The molecular weight excluding hydrogens is 259 g/mol. The fourth-order valence-corrected chi connectivity index (χ4v) is 2.14. The maximum absolute atomic E-state index is 11.0. The minimum atomic E-state index is -5.47. The molecular formula is C7H11O9P. The number of aliphatic carboxylic acids is 3. The van der Waals surface area contributed by atoms with Gasteiger partial charge >= 0.3 is 25.5 Å². The molecule has 0 atom stereocenters. The fraction of sp³-hybridized carbons (Fsp3) is 0.571. The molecule has 10 heteroatoms. The normalized spacial score (nSPS) is 12.1. The molecule has 5 N–H and O–H groups in total. The second kappa shape index (κ2) is 5.26. The highest BCUT2D eigenvalue weighted by atomic mass is 31.2. The zero-order chi connectivity index (χ0) is 13.9. The monoisotopic (exact) mass is 270 g/mol. The molecule has 0 aromatic rings. The molecule has 0 spiro atoms. The summed E-state index contributed by atoms with van der Waals surface area (Å²) < 4.78 is 11.0. The maximum atomic E-state index is 11.0. The quantitative estimate of drug-likeness (QED) is 0.297. The molecule has 0 aliphatic rings. The summed E-state index contributed by atoms with van der Waals surface area (Å²) in [5, 5.41) is 22.4. The molecule has 0 saturated heterocycles. The summed E-state index contributed by atoms with van der Waals surface area (Å²) >= 11 is 0. The van der Waals surface area contributed by atoms with Crippen LogP contribution in [0.2, 0.25) is 0 Å². The van der Waals surface area contributed by atoms with Crippen LogP contribution in [-0.2, 0) is 18.9 Å². The van der Waals surface area contributed by atoms with Gasteiger partial charge < -0.3 is 25.1 Å². The Labute approximate surface area is 94.8 Å². The zero-order valence-electron chi connectivity index (χ0n) is 8.44. The molecule has 17 heavy (non-hydrogen) atoms. The lowest BCUT2D eigenvalue weighted by atomic mass is 10.0. The second-order valence-electron chi connectivity index (χ2n) is 3.26. The third-order valence-electron chi connectivity index (χ3n) is 2.13. The van der Waals surface area contributed by atoms with Crippen molar-refractivity contribution in [2.45, 2.75) is 24.4 Å². The summed E-state index contributed by atoms with van der Waals surface area (Å²) in [5.41, 5.74) is 0. The lowest BCUT2D eigenvalue weighted by Crippen LogP contribution is -2.46. The largest absolute Gasteiger partial charge is 0.481 e. The molecule has 0 unspecified atom stereocenters. The Balaban J connectivity index is 5.23. The van der Waals surface area contributed by atoms with Crippen molar-refractivity contribution >= 4 is 25.5 Å². The molecule has 9 nitrogen and oxygen atoms in total. The Hall–Kier alpha value is -1.44. The molecule has 0 radical (unpaired) electrons. The summed E-state index contributed by atoms with van der Waals surface area (Å²) in [6, 6.07) is 0. The van der Waals surface area contributed by atoms with Crippen molar-refractivity contribution in [1.82, 2.24) is 0 Å². The van der Waals surface area contributed by atoms with E-state index in [1.807, 2.05) is 0 Å². The van der Waals surface area contributed by atoms with Crippen LogP contribution in [0.5, 0.6) is 0 Å². The molecule has 0 fully saturated rings. The Morgan fingerprint density at radius 1 is 1.00 bits per heavy atom. The molecule has 0 saturated carbocycles. The van der Waals surface area contributed by atoms with Gasteiger partial charge in [0, 0.05) is 6.42 Å². The van der Waals surface area contributed by atoms with Gasteiger partial charge in [0.2, 0.25) is 0 Å². The first-order valence-electron chi connectivity index (χ1n) is 4.30. The van der Waals surface area contributed by atoms with Gasteiger partial charge in [-0.3, -0.25) is 18.9 Å². The van der Waals surface area contributed by atoms with E-state index in [2.05, 4.69) is 0 Å². The Bertz CT molecular complexity index is 367. The third-order valence-corrected chi connectivity index (χ3v) is 3.73. The predicted octanol–water partition coefficient (Wildman–Crippen LogP) is -0.673. The van der Waals surface area contributed by atoms with Crippen LogP contribution >= 0.6 is 7.60 Å². The first-order chi connectivity index (χ1) is 7.55. The van der Waals surface area contributed by atoms with E-state index in [-0.39, 0.29) is 0 Å². The Morgan fingerprint density at radius 3 is 1.65 bits per heavy atom. The van der Waals surface area contributed by atoms with Crippen molar-refractivity contribution in [3.63, 3.8) is 0 Å². The minimum absolute atomic E-state index is 0.473. The van der Waals surface area contributed by atoms with Gasteiger partial charge in [-0.05, 0) is 12.8 Å². The van der Waals surface area contributed by atoms with E-state index in [0.29, 0.717) is 0 Å². The molecule has 0 amide bonds. The number of carboxylic acid groups (broad SMARTS) is 3. The van der Waals surface area contributed by atoms with Crippen molar-refractivity contribution in [1.29, 1.82) is 0 Å². The second-order valence-corrected chi connectivity index (χ2v) is 5.11. The van der Waals surface area contributed by atoms with Gasteiger partial charge in [-0.1, -0.05) is 0 Å². The summed E-state index contributed by atoms with van der Waals surface area (Å²) in [6.45, 7) is 0. The van der Waals surface area contributed by atoms with Gasteiger partial charge in [0.15, 0.2) is 0 Å². The molecule has 0 aliphatic heterocycles. The summed E-state index contributed by atoms with van der Waals surface area (Å²) in [6.07, 6.45) is -2.02. The van der Waals surface area contributed by atoms with Gasteiger partial charge in [0.25, 0.3) is 5.16 Å². The van der Waals surface area contributed by atoms with Crippen molar-refractivity contribution in [2.24, 2.45) is 0 Å². The predicted molar refractivity (Wildman–Crippen MR) is 51.5 cm³/mol. The van der Waals surface area contributed by atoms with Crippen LogP contribution in [0.25, 0.3) is 0 Å². The first kappa shape index (κ1) is 15.6. The maximum Gasteiger partial charge on any atom is 0.354 e. The van der Waals surface area contributed by atoms with Crippen LogP contribution in [-0.4, -0.2) is 48.2 Å². The van der Waals surface area contributed by atoms with Gasteiger partial charge in [-0.2, -0.15) is 0 Å². The molecule has 0 aromatic heterocycles. The molecule has 0 aromatic carbocycles. The number of carbonyl (C=O) groups is 3. The Kier molecular flexibility index (Phi) is 4.81. The fourth-order valence-electron chi connectivity index (χ4n) is 1.20. The number of carboxylic acids is 3. The third kappa shape index (κ3) is 3.26.